The fraction of sp³-hybridized carbons (Fsp3) is 0.267. The SMILES string of the molecule is NC(=O)CSc1nc2c(c(=O)n1-c1cccc(C(F)(F)F)c1)SCC2. The average Bonchev–Trinajstić information content (AvgIpc) is 3.01. The molecule has 1 amide bonds. The minimum Gasteiger partial charge on any atom is -0.369 e. The van der Waals surface area contributed by atoms with E-state index < -0.39 is 23.2 Å². The van der Waals surface area contributed by atoms with E-state index >= 15 is 0 Å². The Bertz CT molecular complexity index is 897. The number of nitrogens with zero attached hydrogens (tertiary/aromatic N) is 2. The molecule has 1 aromatic carbocycles. The number of aryl methyl sites for hydroxylation is 1. The molecular formula is C15H12F3N3O2S2. The molecule has 0 bridgehead atoms. The number of aromatic nitrogens is 2. The van der Waals surface area contributed by atoms with E-state index in [4.69, 9.17) is 5.73 Å². The Hall–Kier alpha value is -1.94. The molecule has 2 aromatic rings. The number of halogens is 3. The monoisotopic (exact) mass is 387 g/mol. The van der Waals surface area contributed by atoms with Crippen molar-refractivity contribution in [3.8, 4) is 5.69 Å². The van der Waals surface area contributed by atoms with Gasteiger partial charge in [0.05, 0.1) is 27.6 Å². The maximum absolute atomic E-state index is 13.0. The van der Waals surface area contributed by atoms with E-state index in [0.29, 0.717) is 22.8 Å². The van der Waals surface area contributed by atoms with Crippen LogP contribution in [0, 0.1) is 0 Å². The number of nitrogens with two attached hydrogens (primary N) is 1. The number of carbonyl (C=O) groups excluding carboxylic acids is 1. The Balaban J connectivity index is 2.17. The van der Waals surface area contributed by atoms with Gasteiger partial charge in [-0.2, -0.15) is 13.2 Å². The Labute approximate surface area is 148 Å². The summed E-state index contributed by atoms with van der Waals surface area (Å²) in [6, 6.07) is 4.45. The summed E-state index contributed by atoms with van der Waals surface area (Å²) in [5.41, 5.74) is 4.49. The first-order valence-corrected chi connectivity index (χ1v) is 9.12. The molecule has 0 aliphatic carbocycles. The smallest absolute Gasteiger partial charge is 0.369 e. The lowest BCUT2D eigenvalue weighted by molar-refractivity contribution is -0.137. The maximum atomic E-state index is 13.0. The van der Waals surface area contributed by atoms with Gasteiger partial charge in [0, 0.05) is 12.2 Å². The topological polar surface area (TPSA) is 78.0 Å². The van der Waals surface area contributed by atoms with Crippen LogP contribution in [0.1, 0.15) is 11.3 Å². The number of primary amides is 1. The van der Waals surface area contributed by atoms with Gasteiger partial charge in [0.1, 0.15) is 0 Å². The highest BCUT2D eigenvalue weighted by molar-refractivity contribution is 8.00. The number of carbonyl (C=O) groups is 1. The molecule has 5 nitrogen and oxygen atoms in total. The van der Waals surface area contributed by atoms with Crippen molar-refractivity contribution >= 4 is 29.4 Å². The van der Waals surface area contributed by atoms with E-state index in [9.17, 15) is 22.8 Å². The van der Waals surface area contributed by atoms with Crippen LogP contribution in [-0.4, -0.2) is 27.0 Å². The normalized spacial score (nSPS) is 13.7. The summed E-state index contributed by atoms with van der Waals surface area (Å²) in [6.07, 6.45) is -3.93. The van der Waals surface area contributed by atoms with Crippen molar-refractivity contribution in [3.05, 3.63) is 45.9 Å². The largest absolute Gasteiger partial charge is 0.416 e. The third kappa shape index (κ3) is 3.69. The van der Waals surface area contributed by atoms with Gasteiger partial charge in [-0.1, -0.05) is 17.8 Å². The van der Waals surface area contributed by atoms with Crippen LogP contribution in [0.5, 0.6) is 0 Å². The van der Waals surface area contributed by atoms with Gasteiger partial charge in [-0.25, -0.2) is 4.98 Å². The number of hydrogen-bond donors (Lipinski definition) is 1. The Morgan fingerprint density at radius 1 is 1.40 bits per heavy atom. The number of benzene rings is 1. The molecule has 0 radical (unpaired) electrons. The van der Waals surface area contributed by atoms with Gasteiger partial charge in [-0.15, -0.1) is 11.8 Å². The molecule has 0 saturated heterocycles. The second-order valence-corrected chi connectivity index (χ2v) is 7.26. The second-order valence-electron chi connectivity index (χ2n) is 5.21. The number of alkyl halides is 3. The average molecular weight is 387 g/mol. The van der Waals surface area contributed by atoms with Crippen LogP contribution in [0.2, 0.25) is 0 Å². The molecule has 10 heteroatoms. The van der Waals surface area contributed by atoms with E-state index in [1.165, 1.54) is 23.9 Å². The van der Waals surface area contributed by atoms with E-state index in [-0.39, 0.29) is 16.6 Å². The predicted molar refractivity (Wildman–Crippen MR) is 89.2 cm³/mol. The first-order valence-electron chi connectivity index (χ1n) is 7.15. The van der Waals surface area contributed by atoms with E-state index in [1.54, 1.807) is 0 Å². The zero-order valence-electron chi connectivity index (χ0n) is 12.7. The summed E-state index contributed by atoms with van der Waals surface area (Å²) in [5.74, 6) is -0.0498. The van der Waals surface area contributed by atoms with Crippen LogP contribution in [0.3, 0.4) is 0 Å². The van der Waals surface area contributed by atoms with Crippen molar-refractivity contribution < 1.29 is 18.0 Å². The van der Waals surface area contributed by atoms with Crippen molar-refractivity contribution in [2.75, 3.05) is 11.5 Å². The molecule has 132 valence electrons. The van der Waals surface area contributed by atoms with Crippen LogP contribution in [0.4, 0.5) is 13.2 Å². The van der Waals surface area contributed by atoms with E-state index in [0.717, 1.165) is 28.5 Å². The Kier molecular flexibility index (Phi) is 4.83. The maximum Gasteiger partial charge on any atom is 0.416 e. The van der Waals surface area contributed by atoms with Gasteiger partial charge in [-0.3, -0.25) is 14.2 Å². The molecule has 1 aliphatic heterocycles. The minimum absolute atomic E-state index is 0.0506. The third-order valence-corrected chi connectivity index (χ3v) is 5.51. The van der Waals surface area contributed by atoms with Crippen molar-refractivity contribution in [1.82, 2.24) is 9.55 Å². The van der Waals surface area contributed by atoms with Gasteiger partial charge in [0.25, 0.3) is 5.56 Å². The highest BCUT2D eigenvalue weighted by Crippen LogP contribution is 2.32. The lowest BCUT2D eigenvalue weighted by atomic mass is 10.2. The number of amides is 1. The molecule has 1 aromatic heterocycles. The highest BCUT2D eigenvalue weighted by Gasteiger charge is 2.31. The van der Waals surface area contributed by atoms with Gasteiger partial charge in [0.15, 0.2) is 5.16 Å². The molecule has 3 rings (SSSR count). The molecule has 0 spiro atoms. The first-order chi connectivity index (χ1) is 11.8. The van der Waals surface area contributed by atoms with Crippen molar-refractivity contribution in [2.45, 2.75) is 22.6 Å². The molecule has 2 N–H and O–H groups in total. The molecule has 0 saturated carbocycles. The predicted octanol–water partition coefficient (Wildman–Crippen LogP) is 2.48. The number of hydrogen-bond acceptors (Lipinski definition) is 5. The number of rotatable bonds is 4. The van der Waals surface area contributed by atoms with Crippen LogP contribution in [0.15, 0.2) is 39.1 Å². The van der Waals surface area contributed by atoms with Crippen molar-refractivity contribution in [3.63, 3.8) is 0 Å². The minimum atomic E-state index is -4.53. The van der Waals surface area contributed by atoms with E-state index in [2.05, 4.69) is 4.98 Å². The molecule has 25 heavy (non-hydrogen) atoms. The molecular weight excluding hydrogens is 375 g/mol. The van der Waals surface area contributed by atoms with Crippen LogP contribution in [0.25, 0.3) is 5.69 Å². The van der Waals surface area contributed by atoms with Crippen LogP contribution >= 0.6 is 23.5 Å². The quantitative estimate of drug-likeness (QED) is 0.644. The fourth-order valence-corrected chi connectivity index (χ4v) is 4.17. The van der Waals surface area contributed by atoms with E-state index in [1.807, 2.05) is 0 Å². The molecule has 0 unspecified atom stereocenters. The Morgan fingerprint density at radius 3 is 2.84 bits per heavy atom. The van der Waals surface area contributed by atoms with Crippen molar-refractivity contribution in [1.29, 1.82) is 0 Å². The van der Waals surface area contributed by atoms with Gasteiger partial charge >= 0.3 is 6.18 Å². The summed E-state index contributed by atoms with van der Waals surface area (Å²) >= 11 is 2.26. The first kappa shape index (κ1) is 17.9. The Morgan fingerprint density at radius 2 is 2.16 bits per heavy atom. The zero-order valence-corrected chi connectivity index (χ0v) is 14.3. The van der Waals surface area contributed by atoms with Gasteiger partial charge in [-0.05, 0) is 18.2 Å². The summed E-state index contributed by atoms with van der Waals surface area (Å²) in [7, 11) is 0. The van der Waals surface area contributed by atoms with Gasteiger partial charge < -0.3 is 5.73 Å². The van der Waals surface area contributed by atoms with Crippen LogP contribution < -0.4 is 11.3 Å². The number of fused-ring (bicyclic) bond motifs is 1. The summed E-state index contributed by atoms with van der Waals surface area (Å²) in [4.78, 5) is 28.6. The third-order valence-electron chi connectivity index (χ3n) is 3.44. The standard InChI is InChI=1S/C15H12F3N3O2S2/c16-15(17,18)8-2-1-3-9(6-8)21-13(23)12-10(4-5-24-12)20-14(21)25-7-11(19)22/h1-3,6H,4-5,7H2,(H2,19,22). The number of thioether (sulfide) groups is 2. The summed E-state index contributed by atoms with van der Waals surface area (Å²) in [5, 5.41) is 0.157. The van der Waals surface area contributed by atoms with Gasteiger partial charge in [0.2, 0.25) is 5.91 Å². The molecule has 2 heterocycles. The summed E-state index contributed by atoms with van der Waals surface area (Å²) < 4.78 is 40.1. The fourth-order valence-electron chi connectivity index (χ4n) is 2.37. The zero-order chi connectivity index (χ0) is 18.2. The molecule has 1 aliphatic rings. The van der Waals surface area contributed by atoms with Crippen LogP contribution in [-0.2, 0) is 17.4 Å². The lowest BCUT2D eigenvalue weighted by Crippen LogP contribution is -2.25. The second kappa shape index (κ2) is 6.75. The summed E-state index contributed by atoms with van der Waals surface area (Å²) in [6.45, 7) is 0. The molecule has 0 atom stereocenters. The lowest BCUT2D eigenvalue weighted by Gasteiger charge is -2.15. The molecule has 0 fully saturated rings. The van der Waals surface area contributed by atoms with Crippen molar-refractivity contribution in [2.24, 2.45) is 5.73 Å². The highest BCUT2D eigenvalue weighted by atomic mass is 32.2.